The van der Waals surface area contributed by atoms with E-state index in [4.69, 9.17) is 5.11 Å². The standard InChI is InChI=1S/C7H11FO3/c1-5(4-11-2)3-6(8)7(9)10/h3,5H,4H2,1-2H3,(H,9,10)/b6-3+. The minimum absolute atomic E-state index is 0.212. The number of aliphatic carboxylic acids is 1. The summed E-state index contributed by atoms with van der Waals surface area (Å²) in [5.41, 5.74) is 0. The van der Waals surface area contributed by atoms with Gasteiger partial charge in [-0.15, -0.1) is 0 Å². The Kier molecular flexibility index (Phi) is 4.45. The highest BCUT2D eigenvalue weighted by molar-refractivity contribution is 5.83. The first-order valence-electron chi connectivity index (χ1n) is 3.17. The lowest BCUT2D eigenvalue weighted by Crippen LogP contribution is -2.03. The Bertz CT molecular complexity index is 165. The fourth-order valence-corrected chi connectivity index (χ4v) is 0.632. The third kappa shape index (κ3) is 4.50. The minimum atomic E-state index is -1.53. The number of halogens is 1. The van der Waals surface area contributed by atoms with Crippen molar-refractivity contribution in [3.05, 3.63) is 11.9 Å². The Morgan fingerprint density at radius 2 is 2.36 bits per heavy atom. The first-order chi connectivity index (χ1) is 5.07. The van der Waals surface area contributed by atoms with Crippen molar-refractivity contribution in [2.45, 2.75) is 6.92 Å². The Morgan fingerprint density at radius 3 is 2.73 bits per heavy atom. The Balaban J connectivity index is 3.96. The number of methoxy groups -OCH3 is 1. The minimum Gasteiger partial charge on any atom is -0.476 e. The summed E-state index contributed by atoms with van der Waals surface area (Å²) in [6.45, 7) is 1.99. The van der Waals surface area contributed by atoms with E-state index in [-0.39, 0.29) is 5.92 Å². The van der Waals surface area contributed by atoms with Gasteiger partial charge in [0.15, 0.2) is 0 Å². The molecule has 0 spiro atoms. The van der Waals surface area contributed by atoms with E-state index in [1.165, 1.54) is 7.11 Å². The number of carbonyl (C=O) groups is 1. The van der Waals surface area contributed by atoms with Gasteiger partial charge in [0.25, 0.3) is 0 Å². The van der Waals surface area contributed by atoms with Crippen LogP contribution < -0.4 is 0 Å². The molecule has 0 aliphatic heterocycles. The van der Waals surface area contributed by atoms with Crippen LogP contribution in [0.2, 0.25) is 0 Å². The first-order valence-corrected chi connectivity index (χ1v) is 3.17. The molecule has 0 heterocycles. The SMILES string of the molecule is COCC(C)/C=C(/F)C(=O)O. The van der Waals surface area contributed by atoms with Crippen LogP contribution >= 0.6 is 0 Å². The molecule has 0 bridgehead atoms. The number of carboxylic acids is 1. The molecule has 0 aliphatic carbocycles. The van der Waals surface area contributed by atoms with Crippen LogP contribution in [0.5, 0.6) is 0 Å². The molecule has 1 N–H and O–H groups in total. The monoisotopic (exact) mass is 162 g/mol. The molecule has 0 fully saturated rings. The van der Waals surface area contributed by atoms with Crippen LogP contribution in [0.3, 0.4) is 0 Å². The number of rotatable bonds is 4. The summed E-state index contributed by atoms with van der Waals surface area (Å²) in [7, 11) is 1.48. The summed E-state index contributed by atoms with van der Waals surface area (Å²) in [4.78, 5) is 9.95. The highest BCUT2D eigenvalue weighted by Gasteiger charge is 2.07. The summed E-state index contributed by atoms with van der Waals surface area (Å²) in [6.07, 6.45) is 1.02. The maximum Gasteiger partial charge on any atom is 0.364 e. The van der Waals surface area contributed by atoms with Gasteiger partial charge in [-0.3, -0.25) is 0 Å². The average Bonchev–Trinajstić information content (AvgIpc) is 1.87. The summed E-state index contributed by atoms with van der Waals surface area (Å²) in [5, 5.41) is 8.12. The van der Waals surface area contributed by atoms with Gasteiger partial charge in [-0.25, -0.2) is 4.79 Å². The third-order valence-electron chi connectivity index (χ3n) is 1.06. The second-order valence-corrected chi connectivity index (χ2v) is 2.25. The predicted octanol–water partition coefficient (Wildman–Crippen LogP) is 1.21. The maximum atomic E-state index is 12.3. The lowest BCUT2D eigenvalue weighted by atomic mass is 10.2. The van der Waals surface area contributed by atoms with Gasteiger partial charge in [0.05, 0.1) is 6.61 Å². The molecule has 0 radical (unpaired) electrons. The van der Waals surface area contributed by atoms with Gasteiger partial charge in [0.2, 0.25) is 5.83 Å². The quantitative estimate of drug-likeness (QED) is 0.632. The highest BCUT2D eigenvalue weighted by atomic mass is 19.1. The van der Waals surface area contributed by atoms with E-state index in [0.29, 0.717) is 6.61 Å². The molecule has 1 atom stereocenters. The molecular weight excluding hydrogens is 151 g/mol. The van der Waals surface area contributed by atoms with Crippen molar-refractivity contribution in [3.63, 3.8) is 0 Å². The highest BCUT2D eigenvalue weighted by Crippen LogP contribution is 2.04. The van der Waals surface area contributed by atoms with E-state index >= 15 is 0 Å². The van der Waals surface area contributed by atoms with Crippen LogP contribution in [-0.4, -0.2) is 24.8 Å². The molecule has 0 amide bonds. The summed E-state index contributed by atoms with van der Waals surface area (Å²) < 4.78 is 17.0. The molecule has 11 heavy (non-hydrogen) atoms. The van der Waals surface area contributed by atoms with Crippen molar-refractivity contribution in [3.8, 4) is 0 Å². The summed E-state index contributed by atoms with van der Waals surface area (Å²) >= 11 is 0. The van der Waals surface area contributed by atoms with Gasteiger partial charge in [-0.05, 0) is 6.08 Å². The van der Waals surface area contributed by atoms with E-state index < -0.39 is 11.8 Å². The largest absolute Gasteiger partial charge is 0.476 e. The fraction of sp³-hybridized carbons (Fsp3) is 0.571. The van der Waals surface area contributed by atoms with Gasteiger partial charge in [-0.2, -0.15) is 4.39 Å². The Hall–Kier alpha value is -0.900. The number of ether oxygens (including phenoxy) is 1. The second kappa shape index (κ2) is 4.85. The molecule has 0 aliphatic rings. The molecular formula is C7H11FO3. The van der Waals surface area contributed by atoms with Crippen molar-refractivity contribution in [2.24, 2.45) is 5.92 Å². The molecule has 0 aromatic heterocycles. The second-order valence-electron chi connectivity index (χ2n) is 2.25. The summed E-state index contributed by atoms with van der Waals surface area (Å²) in [5.74, 6) is -2.88. The smallest absolute Gasteiger partial charge is 0.364 e. The van der Waals surface area contributed by atoms with Crippen molar-refractivity contribution in [1.29, 1.82) is 0 Å². The van der Waals surface area contributed by atoms with Gasteiger partial charge in [0, 0.05) is 13.0 Å². The molecule has 64 valence electrons. The van der Waals surface area contributed by atoms with Crippen molar-refractivity contribution >= 4 is 5.97 Å². The van der Waals surface area contributed by atoms with Gasteiger partial charge in [0.1, 0.15) is 0 Å². The van der Waals surface area contributed by atoms with Gasteiger partial charge < -0.3 is 9.84 Å². The lowest BCUT2D eigenvalue weighted by molar-refractivity contribution is -0.134. The van der Waals surface area contributed by atoms with E-state index in [1.807, 2.05) is 0 Å². The number of hydrogen-bond acceptors (Lipinski definition) is 2. The fourth-order valence-electron chi connectivity index (χ4n) is 0.632. The van der Waals surface area contributed by atoms with Crippen molar-refractivity contribution < 1.29 is 19.0 Å². The predicted molar refractivity (Wildman–Crippen MR) is 37.9 cm³/mol. The van der Waals surface area contributed by atoms with Crippen LogP contribution in [0.1, 0.15) is 6.92 Å². The van der Waals surface area contributed by atoms with Crippen LogP contribution in [-0.2, 0) is 9.53 Å². The topological polar surface area (TPSA) is 46.5 Å². The van der Waals surface area contributed by atoms with E-state index in [0.717, 1.165) is 6.08 Å². The van der Waals surface area contributed by atoms with E-state index in [2.05, 4.69) is 4.74 Å². The molecule has 0 aromatic rings. The Labute approximate surface area is 64.5 Å². The molecule has 0 saturated carbocycles. The van der Waals surface area contributed by atoms with Gasteiger partial charge >= 0.3 is 5.97 Å². The zero-order chi connectivity index (χ0) is 8.85. The average molecular weight is 162 g/mol. The van der Waals surface area contributed by atoms with Crippen molar-refractivity contribution in [1.82, 2.24) is 0 Å². The summed E-state index contributed by atoms with van der Waals surface area (Å²) in [6, 6.07) is 0. The normalized spacial score (nSPS) is 14.6. The first kappa shape index (κ1) is 10.1. The Morgan fingerprint density at radius 1 is 1.82 bits per heavy atom. The van der Waals surface area contributed by atoms with E-state index in [1.54, 1.807) is 6.92 Å². The molecule has 3 nitrogen and oxygen atoms in total. The molecule has 0 rings (SSSR count). The van der Waals surface area contributed by atoms with Crippen LogP contribution in [0, 0.1) is 5.92 Å². The molecule has 0 aromatic carbocycles. The van der Waals surface area contributed by atoms with Crippen LogP contribution in [0.4, 0.5) is 4.39 Å². The van der Waals surface area contributed by atoms with Gasteiger partial charge in [-0.1, -0.05) is 6.92 Å². The lowest BCUT2D eigenvalue weighted by Gasteiger charge is -2.02. The maximum absolute atomic E-state index is 12.3. The zero-order valence-electron chi connectivity index (χ0n) is 6.50. The molecule has 1 unspecified atom stereocenters. The third-order valence-corrected chi connectivity index (χ3v) is 1.06. The zero-order valence-corrected chi connectivity index (χ0v) is 6.50. The molecule has 0 saturated heterocycles. The molecule has 4 heteroatoms. The number of carboxylic acid groups (broad SMARTS) is 1. The van der Waals surface area contributed by atoms with E-state index in [9.17, 15) is 9.18 Å². The van der Waals surface area contributed by atoms with Crippen LogP contribution in [0.25, 0.3) is 0 Å². The number of hydrogen-bond donors (Lipinski definition) is 1. The van der Waals surface area contributed by atoms with Crippen LogP contribution in [0.15, 0.2) is 11.9 Å². The van der Waals surface area contributed by atoms with Crippen molar-refractivity contribution in [2.75, 3.05) is 13.7 Å².